The summed E-state index contributed by atoms with van der Waals surface area (Å²) in [5, 5.41) is 3.49. The lowest BCUT2D eigenvalue weighted by Gasteiger charge is -2.15. The van der Waals surface area contributed by atoms with E-state index >= 15 is 0 Å². The molecule has 0 saturated carbocycles. The van der Waals surface area contributed by atoms with Crippen LogP contribution in [0.5, 0.6) is 5.75 Å². The lowest BCUT2D eigenvalue weighted by molar-refractivity contribution is 0.333. The molecule has 0 spiro atoms. The lowest BCUT2D eigenvalue weighted by atomic mass is 10.0. The van der Waals surface area contributed by atoms with Crippen LogP contribution in [0.1, 0.15) is 31.4 Å². The molecule has 76 valence electrons. The number of hydrogen-bond donors (Lipinski definition) is 1. The van der Waals surface area contributed by atoms with Crippen LogP contribution in [0.4, 0.5) is 0 Å². The summed E-state index contributed by atoms with van der Waals surface area (Å²) in [5.41, 5.74) is 1.31. The molecule has 1 heterocycles. The summed E-state index contributed by atoms with van der Waals surface area (Å²) < 4.78 is 5.61. The van der Waals surface area contributed by atoms with Gasteiger partial charge in [0.15, 0.2) is 0 Å². The Kier molecular flexibility index (Phi) is 3.04. The molecule has 0 unspecified atom stereocenters. The van der Waals surface area contributed by atoms with Crippen molar-refractivity contribution in [2.24, 2.45) is 0 Å². The van der Waals surface area contributed by atoms with Gasteiger partial charge < -0.3 is 10.1 Å². The van der Waals surface area contributed by atoms with E-state index in [0.717, 1.165) is 18.9 Å². The van der Waals surface area contributed by atoms with Gasteiger partial charge in [0.05, 0.1) is 6.61 Å². The van der Waals surface area contributed by atoms with Gasteiger partial charge >= 0.3 is 0 Å². The first kappa shape index (κ1) is 9.53. The van der Waals surface area contributed by atoms with Crippen molar-refractivity contribution in [3.63, 3.8) is 0 Å². The molecule has 1 saturated heterocycles. The van der Waals surface area contributed by atoms with E-state index in [4.69, 9.17) is 4.74 Å². The van der Waals surface area contributed by atoms with Gasteiger partial charge in [-0.25, -0.2) is 0 Å². The number of nitrogens with one attached hydrogen (secondary N) is 1. The Morgan fingerprint density at radius 2 is 2.29 bits per heavy atom. The first-order valence-corrected chi connectivity index (χ1v) is 5.37. The van der Waals surface area contributed by atoms with Crippen LogP contribution < -0.4 is 10.1 Å². The van der Waals surface area contributed by atoms with Crippen molar-refractivity contribution in [2.75, 3.05) is 13.2 Å². The zero-order valence-corrected chi connectivity index (χ0v) is 8.62. The van der Waals surface area contributed by atoms with Gasteiger partial charge in [-0.05, 0) is 32.4 Å². The second kappa shape index (κ2) is 4.47. The van der Waals surface area contributed by atoms with Crippen LogP contribution in [0, 0.1) is 0 Å². The normalized spacial score (nSPS) is 21.1. The highest BCUT2D eigenvalue weighted by molar-refractivity contribution is 5.36. The quantitative estimate of drug-likeness (QED) is 0.792. The molecule has 0 aliphatic carbocycles. The average Bonchev–Trinajstić information content (AvgIpc) is 2.72. The number of rotatable bonds is 3. The average molecular weight is 191 g/mol. The molecule has 0 amide bonds. The highest BCUT2D eigenvalue weighted by atomic mass is 16.5. The Labute approximate surface area is 85.3 Å². The predicted octanol–water partition coefficient (Wildman–Crippen LogP) is 2.51. The maximum Gasteiger partial charge on any atom is 0.124 e. The number of ether oxygens (including phenoxy) is 1. The largest absolute Gasteiger partial charge is 0.494 e. The summed E-state index contributed by atoms with van der Waals surface area (Å²) in [4.78, 5) is 0. The fraction of sp³-hybridized carbons (Fsp3) is 0.500. The summed E-state index contributed by atoms with van der Waals surface area (Å²) in [6, 6.07) is 8.83. The van der Waals surface area contributed by atoms with E-state index in [1.165, 1.54) is 18.4 Å². The molecule has 0 aromatic heterocycles. The Balaban J connectivity index is 2.21. The molecule has 1 fully saturated rings. The fourth-order valence-corrected chi connectivity index (χ4v) is 2.01. The molecule has 0 bridgehead atoms. The van der Waals surface area contributed by atoms with Gasteiger partial charge in [-0.3, -0.25) is 0 Å². The van der Waals surface area contributed by atoms with Gasteiger partial charge in [0.25, 0.3) is 0 Å². The lowest BCUT2D eigenvalue weighted by Crippen LogP contribution is -2.14. The number of hydrogen-bond acceptors (Lipinski definition) is 2. The van der Waals surface area contributed by atoms with Gasteiger partial charge in [0.2, 0.25) is 0 Å². The Morgan fingerprint density at radius 1 is 1.43 bits per heavy atom. The third-order valence-corrected chi connectivity index (χ3v) is 2.65. The third kappa shape index (κ3) is 1.90. The monoisotopic (exact) mass is 191 g/mol. The second-order valence-electron chi connectivity index (χ2n) is 3.62. The van der Waals surface area contributed by atoms with E-state index in [1.807, 2.05) is 13.0 Å². The summed E-state index contributed by atoms with van der Waals surface area (Å²) in [6.45, 7) is 3.90. The van der Waals surface area contributed by atoms with Gasteiger partial charge in [-0.15, -0.1) is 0 Å². The molecule has 2 nitrogen and oxygen atoms in total. The van der Waals surface area contributed by atoms with E-state index < -0.39 is 0 Å². The maximum absolute atomic E-state index is 5.61. The van der Waals surface area contributed by atoms with E-state index in [1.54, 1.807) is 0 Å². The van der Waals surface area contributed by atoms with Crippen molar-refractivity contribution in [3.8, 4) is 5.75 Å². The zero-order valence-electron chi connectivity index (χ0n) is 8.62. The molecule has 1 N–H and O–H groups in total. The minimum absolute atomic E-state index is 0.498. The van der Waals surface area contributed by atoms with Gasteiger partial charge in [-0.2, -0.15) is 0 Å². The van der Waals surface area contributed by atoms with E-state index in [-0.39, 0.29) is 0 Å². The summed E-state index contributed by atoms with van der Waals surface area (Å²) >= 11 is 0. The molecular formula is C12H17NO. The zero-order chi connectivity index (χ0) is 9.80. The van der Waals surface area contributed by atoms with Crippen LogP contribution in [0.25, 0.3) is 0 Å². The summed E-state index contributed by atoms with van der Waals surface area (Å²) in [7, 11) is 0. The predicted molar refractivity (Wildman–Crippen MR) is 57.6 cm³/mol. The third-order valence-electron chi connectivity index (χ3n) is 2.65. The number of para-hydroxylation sites is 1. The van der Waals surface area contributed by atoms with Crippen LogP contribution in [0.15, 0.2) is 24.3 Å². The van der Waals surface area contributed by atoms with Crippen molar-refractivity contribution >= 4 is 0 Å². The first-order chi connectivity index (χ1) is 6.92. The highest BCUT2D eigenvalue weighted by Gasteiger charge is 2.19. The Morgan fingerprint density at radius 3 is 3.00 bits per heavy atom. The van der Waals surface area contributed by atoms with Crippen molar-refractivity contribution in [1.82, 2.24) is 5.32 Å². The molecule has 1 aliphatic rings. The SMILES string of the molecule is CCOc1ccccc1[C@@H]1CCCN1. The molecular weight excluding hydrogens is 174 g/mol. The minimum Gasteiger partial charge on any atom is -0.494 e. The molecule has 2 heteroatoms. The van der Waals surface area contributed by atoms with Crippen LogP contribution in [0.3, 0.4) is 0 Å². The van der Waals surface area contributed by atoms with Crippen molar-refractivity contribution in [2.45, 2.75) is 25.8 Å². The first-order valence-electron chi connectivity index (χ1n) is 5.37. The maximum atomic E-state index is 5.61. The molecule has 14 heavy (non-hydrogen) atoms. The minimum atomic E-state index is 0.498. The highest BCUT2D eigenvalue weighted by Crippen LogP contribution is 2.30. The van der Waals surface area contributed by atoms with Crippen molar-refractivity contribution < 1.29 is 4.74 Å². The molecule has 1 aromatic carbocycles. The topological polar surface area (TPSA) is 21.3 Å². The van der Waals surface area contributed by atoms with Gasteiger partial charge in [0.1, 0.15) is 5.75 Å². The number of benzene rings is 1. The van der Waals surface area contributed by atoms with E-state index in [9.17, 15) is 0 Å². The van der Waals surface area contributed by atoms with Crippen LogP contribution in [-0.4, -0.2) is 13.2 Å². The molecule has 1 atom stereocenters. The summed E-state index contributed by atoms with van der Waals surface area (Å²) in [5.74, 6) is 1.04. The molecule has 0 radical (unpaired) electrons. The Hall–Kier alpha value is -1.02. The molecule has 1 aliphatic heterocycles. The van der Waals surface area contributed by atoms with Crippen LogP contribution >= 0.6 is 0 Å². The second-order valence-corrected chi connectivity index (χ2v) is 3.62. The smallest absolute Gasteiger partial charge is 0.124 e. The van der Waals surface area contributed by atoms with Gasteiger partial charge in [-0.1, -0.05) is 18.2 Å². The van der Waals surface area contributed by atoms with Crippen molar-refractivity contribution in [3.05, 3.63) is 29.8 Å². The fourth-order valence-electron chi connectivity index (χ4n) is 2.01. The van der Waals surface area contributed by atoms with Crippen LogP contribution in [0.2, 0.25) is 0 Å². The molecule has 1 aromatic rings. The summed E-state index contributed by atoms with van der Waals surface area (Å²) in [6.07, 6.45) is 2.50. The molecule has 2 rings (SSSR count). The van der Waals surface area contributed by atoms with Gasteiger partial charge in [0, 0.05) is 11.6 Å². The van der Waals surface area contributed by atoms with Crippen LogP contribution in [-0.2, 0) is 0 Å². The Bertz CT molecular complexity index is 292. The van der Waals surface area contributed by atoms with Crippen molar-refractivity contribution in [1.29, 1.82) is 0 Å². The van der Waals surface area contributed by atoms with E-state index in [0.29, 0.717) is 6.04 Å². The standard InChI is InChI=1S/C12H17NO/c1-2-14-12-8-4-3-6-10(12)11-7-5-9-13-11/h3-4,6,8,11,13H,2,5,7,9H2,1H3/t11-/m0/s1. The van der Waals surface area contributed by atoms with E-state index in [2.05, 4.69) is 23.5 Å².